The van der Waals surface area contributed by atoms with E-state index in [0.717, 1.165) is 0 Å². The third-order valence-corrected chi connectivity index (χ3v) is 3.62. The van der Waals surface area contributed by atoms with Gasteiger partial charge >= 0.3 is 18.3 Å². The lowest BCUT2D eigenvalue weighted by molar-refractivity contribution is -0.333. The van der Waals surface area contributed by atoms with Crippen LogP contribution in [0.4, 0.5) is 26.3 Å². The molecule has 10 heteroatoms. The maximum Gasteiger partial charge on any atom is 0.413 e. The number of methoxy groups -OCH3 is 2. The second-order valence-corrected chi connectivity index (χ2v) is 5.05. The van der Waals surface area contributed by atoms with Crippen LogP contribution in [0, 0.1) is 5.41 Å². The molecule has 0 bridgehead atoms. The van der Waals surface area contributed by atoms with E-state index in [4.69, 9.17) is 4.74 Å². The summed E-state index contributed by atoms with van der Waals surface area (Å²) in [6, 6.07) is 5.18. The molecule has 0 heterocycles. The van der Waals surface area contributed by atoms with Gasteiger partial charge in [-0.2, -0.15) is 26.3 Å². The highest BCUT2D eigenvalue weighted by Crippen LogP contribution is 2.54. The molecule has 0 aromatic heterocycles. The SMILES string of the molecule is COC(=O)C(CCC(=O)c1cccc(OC)c1)(C(F)(F)F)C(F)(F)F. The van der Waals surface area contributed by atoms with Crippen molar-refractivity contribution in [3.63, 3.8) is 0 Å². The molecule has 0 aliphatic carbocycles. The van der Waals surface area contributed by atoms with Crippen LogP contribution in [0.1, 0.15) is 23.2 Å². The highest BCUT2D eigenvalue weighted by atomic mass is 19.4. The number of benzene rings is 1. The summed E-state index contributed by atoms with van der Waals surface area (Å²) in [5.74, 6) is -3.30. The highest BCUT2D eigenvalue weighted by molar-refractivity contribution is 5.96. The second-order valence-electron chi connectivity index (χ2n) is 5.05. The Hall–Kier alpha value is -2.26. The van der Waals surface area contributed by atoms with Crippen LogP contribution in [-0.2, 0) is 9.53 Å². The molecule has 0 unspecified atom stereocenters. The Morgan fingerprint density at radius 2 is 1.56 bits per heavy atom. The predicted octanol–water partition coefficient (Wildman–Crippen LogP) is 3.94. The first-order chi connectivity index (χ1) is 11.4. The van der Waals surface area contributed by atoms with Crippen LogP contribution in [0.25, 0.3) is 0 Å². The molecule has 0 saturated carbocycles. The molecule has 0 spiro atoms. The number of hydrogen-bond acceptors (Lipinski definition) is 4. The van der Waals surface area contributed by atoms with Crippen molar-refractivity contribution < 1.29 is 45.4 Å². The van der Waals surface area contributed by atoms with Crippen molar-refractivity contribution in [3.05, 3.63) is 29.8 Å². The molecule has 0 N–H and O–H groups in total. The minimum Gasteiger partial charge on any atom is -0.497 e. The summed E-state index contributed by atoms with van der Waals surface area (Å²) < 4.78 is 87.3. The Kier molecular flexibility index (Phi) is 6.09. The molecule has 1 aromatic rings. The molecule has 4 nitrogen and oxygen atoms in total. The first kappa shape index (κ1) is 20.8. The quantitative estimate of drug-likeness (QED) is 0.431. The van der Waals surface area contributed by atoms with Crippen molar-refractivity contribution in [2.75, 3.05) is 14.2 Å². The first-order valence-corrected chi connectivity index (χ1v) is 6.80. The molecular formula is C15H14F6O4. The van der Waals surface area contributed by atoms with Crippen molar-refractivity contribution >= 4 is 11.8 Å². The lowest BCUT2D eigenvalue weighted by atomic mass is 9.80. The van der Waals surface area contributed by atoms with Crippen LogP contribution < -0.4 is 4.74 Å². The van der Waals surface area contributed by atoms with E-state index in [2.05, 4.69) is 4.74 Å². The van der Waals surface area contributed by atoms with E-state index in [1.165, 1.54) is 31.4 Å². The van der Waals surface area contributed by atoms with Gasteiger partial charge in [0, 0.05) is 12.0 Å². The van der Waals surface area contributed by atoms with E-state index >= 15 is 0 Å². The number of Topliss-reactive ketones (excluding diaryl/α,β-unsaturated/α-hetero) is 1. The maximum absolute atomic E-state index is 13.1. The van der Waals surface area contributed by atoms with E-state index in [-0.39, 0.29) is 11.3 Å². The molecule has 0 fully saturated rings. The molecular weight excluding hydrogens is 358 g/mol. The number of esters is 1. The number of hydrogen-bond donors (Lipinski definition) is 0. The summed E-state index contributed by atoms with van der Waals surface area (Å²) in [7, 11) is 1.69. The fourth-order valence-corrected chi connectivity index (χ4v) is 2.19. The third-order valence-electron chi connectivity index (χ3n) is 3.62. The van der Waals surface area contributed by atoms with E-state index in [1.54, 1.807) is 0 Å². The fourth-order valence-electron chi connectivity index (χ4n) is 2.19. The van der Waals surface area contributed by atoms with Gasteiger partial charge < -0.3 is 9.47 Å². The smallest absolute Gasteiger partial charge is 0.413 e. The minimum absolute atomic E-state index is 0.137. The van der Waals surface area contributed by atoms with Crippen LogP contribution in [0.15, 0.2) is 24.3 Å². The van der Waals surface area contributed by atoms with Gasteiger partial charge in [-0.15, -0.1) is 0 Å². The molecule has 0 aliphatic heterocycles. The summed E-state index contributed by atoms with van der Waals surface area (Å²) in [6.07, 6.45) is -14.9. The molecule has 0 atom stereocenters. The van der Waals surface area contributed by atoms with Crippen molar-refractivity contribution in [2.45, 2.75) is 25.2 Å². The molecule has 1 aromatic carbocycles. The average molecular weight is 372 g/mol. The van der Waals surface area contributed by atoms with E-state index in [0.29, 0.717) is 7.11 Å². The molecule has 140 valence electrons. The van der Waals surface area contributed by atoms with Crippen LogP contribution in [0.3, 0.4) is 0 Å². The molecule has 0 aliphatic rings. The monoisotopic (exact) mass is 372 g/mol. The maximum atomic E-state index is 13.1. The Balaban J connectivity index is 3.18. The predicted molar refractivity (Wildman–Crippen MR) is 73.1 cm³/mol. The van der Waals surface area contributed by atoms with Gasteiger partial charge in [-0.3, -0.25) is 9.59 Å². The molecule has 1 rings (SSSR count). The zero-order chi connectivity index (χ0) is 19.5. The zero-order valence-corrected chi connectivity index (χ0v) is 13.1. The molecule has 25 heavy (non-hydrogen) atoms. The Morgan fingerprint density at radius 1 is 1.00 bits per heavy atom. The number of carbonyl (C=O) groups excluding carboxylic acids is 2. The van der Waals surface area contributed by atoms with Gasteiger partial charge in [-0.1, -0.05) is 12.1 Å². The molecule has 0 amide bonds. The summed E-state index contributed by atoms with van der Waals surface area (Å²) in [4.78, 5) is 23.4. The minimum atomic E-state index is -5.98. The number of alkyl halides is 6. The number of ketones is 1. The van der Waals surface area contributed by atoms with Crippen molar-refractivity contribution in [1.82, 2.24) is 0 Å². The van der Waals surface area contributed by atoms with Crippen molar-refractivity contribution in [3.8, 4) is 5.75 Å². The van der Waals surface area contributed by atoms with E-state index in [1.807, 2.05) is 0 Å². The zero-order valence-electron chi connectivity index (χ0n) is 13.1. The topological polar surface area (TPSA) is 52.6 Å². The largest absolute Gasteiger partial charge is 0.497 e. The number of carbonyl (C=O) groups is 2. The van der Waals surface area contributed by atoms with E-state index in [9.17, 15) is 35.9 Å². The number of rotatable bonds is 6. The molecule has 0 radical (unpaired) electrons. The second kappa shape index (κ2) is 7.32. The lowest BCUT2D eigenvalue weighted by Gasteiger charge is -2.34. The standard InChI is InChI=1S/C15H14F6O4/c1-24-10-5-3-4-9(8-10)11(22)6-7-13(12(23)25-2,14(16,17)18)15(19,20)21/h3-5,8H,6-7H2,1-2H3. The van der Waals surface area contributed by atoms with Crippen molar-refractivity contribution in [2.24, 2.45) is 5.41 Å². The van der Waals surface area contributed by atoms with Crippen molar-refractivity contribution in [1.29, 1.82) is 0 Å². The summed E-state index contributed by atoms with van der Waals surface area (Å²) in [5.41, 5.74) is -4.91. The summed E-state index contributed by atoms with van der Waals surface area (Å²) >= 11 is 0. The average Bonchev–Trinajstić information content (AvgIpc) is 2.52. The molecule has 0 saturated heterocycles. The summed E-state index contributed by atoms with van der Waals surface area (Å²) in [5, 5.41) is 0. The summed E-state index contributed by atoms with van der Waals surface area (Å²) in [6.45, 7) is 0. The van der Waals surface area contributed by atoms with E-state index < -0.39 is 42.4 Å². The van der Waals surface area contributed by atoms with Gasteiger partial charge in [-0.05, 0) is 18.6 Å². The van der Waals surface area contributed by atoms with Gasteiger partial charge in [0.2, 0.25) is 0 Å². The van der Waals surface area contributed by atoms with Gasteiger partial charge in [0.05, 0.1) is 14.2 Å². The first-order valence-electron chi connectivity index (χ1n) is 6.80. The van der Waals surface area contributed by atoms with Gasteiger partial charge in [-0.25, -0.2) is 0 Å². The van der Waals surface area contributed by atoms with Gasteiger partial charge in [0.25, 0.3) is 5.41 Å². The van der Waals surface area contributed by atoms with Gasteiger partial charge in [0.1, 0.15) is 5.75 Å². The Bertz CT molecular complexity index is 622. The normalized spacial score (nSPS) is 12.6. The fraction of sp³-hybridized carbons (Fsp3) is 0.467. The lowest BCUT2D eigenvalue weighted by Crippen LogP contribution is -2.56. The Morgan fingerprint density at radius 3 is 2.00 bits per heavy atom. The Labute approximate surface area is 138 Å². The van der Waals surface area contributed by atoms with Gasteiger partial charge in [0.15, 0.2) is 5.78 Å². The van der Waals surface area contributed by atoms with Crippen LogP contribution in [-0.4, -0.2) is 38.3 Å². The van der Waals surface area contributed by atoms with Crippen LogP contribution in [0.5, 0.6) is 5.75 Å². The highest BCUT2D eigenvalue weighted by Gasteiger charge is 2.76. The number of halogens is 6. The third kappa shape index (κ3) is 4.05. The van der Waals surface area contributed by atoms with Crippen LogP contribution >= 0.6 is 0 Å². The number of ether oxygens (including phenoxy) is 2. The van der Waals surface area contributed by atoms with Crippen LogP contribution in [0.2, 0.25) is 0 Å².